The van der Waals surface area contributed by atoms with Gasteiger partial charge in [0.15, 0.2) is 0 Å². The average molecular weight is 166 g/mol. The molecule has 0 saturated carbocycles. The molecular formula is C6H7BN2O3. The average Bonchev–Trinajstić information content (AvgIpc) is 2.03. The molecule has 0 radical (unpaired) electrons. The van der Waals surface area contributed by atoms with E-state index in [9.17, 15) is 9.59 Å². The van der Waals surface area contributed by atoms with E-state index in [0.717, 1.165) is 0 Å². The predicted molar refractivity (Wildman–Crippen MR) is 44.4 cm³/mol. The number of carbonyl (C=O) groups excluding carboxylic acids is 1. The lowest BCUT2D eigenvalue weighted by Gasteiger charge is -1.99. The number of esters is 1. The van der Waals surface area contributed by atoms with Crippen LogP contribution < -0.4 is 11.0 Å². The Morgan fingerprint density at radius 1 is 1.75 bits per heavy atom. The van der Waals surface area contributed by atoms with Gasteiger partial charge in [0.2, 0.25) is 0 Å². The van der Waals surface area contributed by atoms with Crippen molar-refractivity contribution in [1.82, 2.24) is 10.2 Å². The van der Waals surface area contributed by atoms with Crippen molar-refractivity contribution in [2.75, 3.05) is 7.11 Å². The van der Waals surface area contributed by atoms with E-state index in [1.54, 1.807) is 7.85 Å². The highest BCUT2D eigenvalue weighted by Crippen LogP contribution is 1.85. The maximum absolute atomic E-state index is 11.0. The number of nitrogens with zero attached hydrogens (tertiary/aromatic N) is 1. The van der Waals surface area contributed by atoms with Gasteiger partial charge in [-0.15, -0.1) is 0 Å². The maximum Gasteiger partial charge on any atom is 0.343 e. The molecule has 6 heteroatoms. The molecule has 1 aromatic rings. The number of carbonyl (C=O) groups is 1. The van der Waals surface area contributed by atoms with Crippen LogP contribution in [0.1, 0.15) is 10.4 Å². The number of hydrogen-bond acceptors (Lipinski definition) is 4. The number of ether oxygens (including phenoxy) is 1. The Kier molecular flexibility index (Phi) is 2.28. The highest BCUT2D eigenvalue weighted by atomic mass is 16.5. The van der Waals surface area contributed by atoms with Gasteiger partial charge in [0.25, 0.3) is 5.56 Å². The first-order chi connectivity index (χ1) is 5.66. The molecule has 12 heavy (non-hydrogen) atoms. The van der Waals surface area contributed by atoms with Crippen molar-refractivity contribution in [3.63, 3.8) is 0 Å². The van der Waals surface area contributed by atoms with Crippen molar-refractivity contribution in [1.29, 1.82) is 0 Å². The Morgan fingerprint density at radius 3 is 2.92 bits per heavy atom. The molecule has 0 spiro atoms. The second-order valence-corrected chi connectivity index (χ2v) is 2.25. The third-order valence-corrected chi connectivity index (χ3v) is 1.44. The van der Waals surface area contributed by atoms with Crippen LogP contribution >= 0.6 is 0 Å². The van der Waals surface area contributed by atoms with Crippen molar-refractivity contribution >= 4 is 19.3 Å². The molecule has 0 saturated heterocycles. The summed E-state index contributed by atoms with van der Waals surface area (Å²) >= 11 is 0. The zero-order valence-electron chi connectivity index (χ0n) is 6.75. The second-order valence-electron chi connectivity index (χ2n) is 2.25. The van der Waals surface area contributed by atoms with Crippen LogP contribution in [0.5, 0.6) is 0 Å². The van der Waals surface area contributed by atoms with Crippen LogP contribution in [-0.2, 0) is 4.74 Å². The molecule has 5 nitrogen and oxygen atoms in total. The number of methoxy groups -OCH3 is 1. The fourth-order valence-corrected chi connectivity index (χ4v) is 0.843. The smallest absolute Gasteiger partial charge is 0.343 e. The fourth-order valence-electron chi connectivity index (χ4n) is 0.843. The van der Waals surface area contributed by atoms with Crippen molar-refractivity contribution < 1.29 is 9.53 Å². The van der Waals surface area contributed by atoms with Crippen LogP contribution in [0.4, 0.5) is 0 Å². The number of aromatic amines is 1. The first-order valence-corrected chi connectivity index (χ1v) is 3.29. The summed E-state index contributed by atoms with van der Waals surface area (Å²) in [5, 5.41) is 5.67. The third-order valence-electron chi connectivity index (χ3n) is 1.44. The van der Waals surface area contributed by atoms with Crippen LogP contribution in [0.2, 0.25) is 0 Å². The Hall–Kier alpha value is -1.59. The van der Waals surface area contributed by atoms with Crippen LogP contribution in [0.25, 0.3) is 0 Å². The lowest BCUT2D eigenvalue weighted by molar-refractivity contribution is 0.0600. The molecule has 1 aromatic heterocycles. The van der Waals surface area contributed by atoms with Crippen LogP contribution in [0.3, 0.4) is 0 Å². The molecule has 1 rings (SSSR count). The molecule has 0 aromatic carbocycles. The predicted octanol–water partition coefficient (Wildman–Crippen LogP) is -2.19. The molecule has 0 atom stereocenters. The Balaban J connectivity index is 3.31. The van der Waals surface area contributed by atoms with Crippen molar-refractivity contribution in [2.24, 2.45) is 0 Å². The largest absolute Gasteiger partial charge is 0.465 e. The lowest BCUT2D eigenvalue weighted by atomic mass is 9.94. The van der Waals surface area contributed by atoms with Gasteiger partial charge in [0, 0.05) is 6.20 Å². The standard InChI is InChI=1S/C6H7BN2O3/c1-12-6(11)4-3(7)2-8-9-5(4)10/h2H,7H2,1H3,(H,9,10). The molecule has 0 amide bonds. The SMILES string of the molecule is Bc1cn[nH]c(=O)c1C(=O)OC. The minimum atomic E-state index is -0.642. The minimum Gasteiger partial charge on any atom is -0.465 e. The quantitative estimate of drug-likeness (QED) is 0.380. The zero-order valence-corrected chi connectivity index (χ0v) is 6.75. The number of aromatic nitrogens is 2. The summed E-state index contributed by atoms with van der Waals surface area (Å²) in [7, 11) is 2.84. The molecule has 62 valence electrons. The molecule has 0 aliphatic heterocycles. The van der Waals surface area contributed by atoms with Crippen LogP contribution in [0.15, 0.2) is 11.0 Å². The fraction of sp³-hybridized carbons (Fsp3) is 0.167. The number of rotatable bonds is 1. The van der Waals surface area contributed by atoms with Gasteiger partial charge < -0.3 is 4.74 Å². The summed E-state index contributed by atoms with van der Waals surface area (Å²) in [4.78, 5) is 22.0. The minimum absolute atomic E-state index is 0.00694. The summed E-state index contributed by atoms with van der Waals surface area (Å²) in [6, 6.07) is 0. The van der Waals surface area contributed by atoms with E-state index >= 15 is 0 Å². The number of hydrogen-bond donors (Lipinski definition) is 1. The van der Waals surface area contributed by atoms with E-state index in [2.05, 4.69) is 14.9 Å². The van der Waals surface area contributed by atoms with Gasteiger partial charge in [-0.2, -0.15) is 5.10 Å². The van der Waals surface area contributed by atoms with E-state index < -0.39 is 11.5 Å². The molecule has 0 unspecified atom stereocenters. The zero-order chi connectivity index (χ0) is 9.14. The number of H-pyrrole nitrogens is 1. The molecular weight excluding hydrogens is 159 g/mol. The molecule has 0 aliphatic carbocycles. The topological polar surface area (TPSA) is 72.0 Å². The van der Waals surface area contributed by atoms with Crippen molar-refractivity contribution in [3.05, 3.63) is 22.1 Å². The summed E-state index contributed by atoms with van der Waals surface area (Å²) < 4.78 is 4.41. The van der Waals surface area contributed by atoms with E-state index in [0.29, 0.717) is 5.46 Å². The van der Waals surface area contributed by atoms with Crippen molar-refractivity contribution in [2.45, 2.75) is 0 Å². The second kappa shape index (κ2) is 3.21. The Bertz CT molecular complexity index is 360. The van der Waals surface area contributed by atoms with Gasteiger partial charge in [0.05, 0.1) is 7.11 Å². The van der Waals surface area contributed by atoms with Crippen molar-refractivity contribution in [3.8, 4) is 0 Å². The maximum atomic E-state index is 11.0. The van der Waals surface area contributed by atoms with Gasteiger partial charge >= 0.3 is 5.97 Å². The van der Waals surface area contributed by atoms with E-state index in [1.807, 2.05) is 0 Å². The highest BCUT2D eigenvalue weighted by Gasteiger charge is 2.12. The summed E-state index contributed by atoms with van der Waals surface area (Å²) in [6.07, 6.45) is 1.40. The first kappa shape index (κ1) is 8.51. The molecule has 0 aliphatic rings. The first-order valence-electron chi connectivity index (χ1n) is 3.29. The molecule has 1 heterocycles. The summed E-state index contributed by atoms with van der Waals surface area (Å²) in [5.74, 6) is -0.642. The summed E-state index contributed by atoms with van der Waals surface area (Å²) in [5.41, 5.74) is -0.0139. The monoisotopic (exact) mass is 166 g/mol. The normalized spacial score (nSPS) is 9.42. The van der Waals surface area contributed by atoms with Crippen LogP contribution in [0, 0.1) is 0 Å². The van der Waals surface area contributed by atoms with E-state index in [4.69, 9.17) is 0 Å². The summed E-state index contributed by atoms with van der Waals surface area (Å²) in [6.45, 7) is 0. The Morgan fingerprint density at radius 2 is 2.42 bits per heavy atom. The van der Waals surface area contributed by atoms with Gasteiger partial charge in [-0.1, -0.05) is 0 Å². The van der Waals surface area contributed by atoms with Gasteiger partial charge in [0.1, 0.15) is 13.4 Å². The molecule has 0 bridgehead atoms. The highest BCUT2D eigenvalue weighted by molar-refractivity contribution is 6.35. The van der Waals surface area contributed by atoms with E-state index in [-0.39, 0.29) is 5.56 Å². The van der Waals surface area contributed by atoms with E-state index in [1.165, 1.54) is 13.3 Å². The van der Waals surface area contributed by atoms with Gasteiger partial charge in [-0.05, 0) is 5.46 Å². The Labute approximate surface area is 69.2 Å². The van der Waals surface area contributed by atoms with Crippen LogP contribution in [-0.4, -0.2) is 31.1 Å². The third kappa shape index (κ3) is 1.36. The molecule has 1 N–H and O–H groups in total. The molecule has 0 fully saturated rings. The van der Waals surface area contributed by atoms with Gasteiger partial charge in [-0.3, -0.25) is 4.79 Å². The van der Waals surface area contributed by atoms with Gasteiger partial charge in [-0.25, -0.2) is 9.89 Å². The lowest BCUT2D eigenvalue weighted by Crippen LogP contribution is -2.30. The number of nitrogens with one attached hydrogen (secondary N) is 1.